The Bertz CT molecular complexity index is 5320. The molecular weight excluding hydrogens is 1720 g/mol. The van der Waals surface area contributed by atoms with Gasteiger partial charge in [0.05, 0.1) is 16.7 Å². The number of ether oxygens (including phenoxy) is 7. The summed E-state index contributed by atoms with van der Waals surface area (Å²) >= 11 is 14.3. The van der Waals surface area contributed by atoms with E-state index >= 15 is 28.8 Å². The largest absolute Gasteiger partial charge is 0.508 e. The molecule has 17 bridgehead atoms. The Balaban J connectivity index is 1.04. The molecule has 18 atom stereocenters. The summed E-state index contributed by atoms with van der Waals surface area (Å²) in [6, 6.07) is 5.70. The number of halogens is 2. The molecule has 15 rings (SSSR count). The lowest BCUT2D eigenvalue weighted by Gasteiger charge is -2.41. The van der Waals surface area contributed by atoms with Crippen molar-refractivity contribution in [3.05, 3.63) is 164 Å². The van der Waals surface area contributed by atoms with Crippen molar-refractivity contribution in [2.45, 2.75) is 194 Å². The van der Waals surface area contributed by atoms with Crippen molar-refractivity contribution in [2.24, 2.45) is 0 Å². The summed E-state index contributed by atoms with van der Waals surface area (Å²) in [7, 11) is 4.95. The van der Waals surface area contributed by atoms with E-state index in [0.29, 0.717) is 24.9 Å². The zero-order valence-electron chi connectivity index (χ0n) is 69.6. The van der Waals surface area contributed by atoms with Crippen LogP contribution in [0.15, 0.2) is 115 Å². The maximum Gasteiger partial charge on any atom is 0.335 e. The number of nitrogens with one attached hydrogen (secondary N) is 9. The van der Waals surface area contributed by atoms with Crippen molar-refractivity contribution in [3.63, 3.8) is 0 Å². The zero-order valence-corrected chi connectivity index (χ0v) is 71.1. The third kappa shape index (κ3) is 21.1. The molecule has 8 amide bonds. The zero-order chi connectivity index (χ0) is 91.8. The van der Waals surface area contributed by atoms with Crippen molar-refractivity contribution in [1.82, 2.24) is 52.8 Å². The fraction of sp³-hybridized carbons (Fsp3) is 0.420. The summed E-state index contributed by atoms with van der Waals surface area (Å²) in [4.78, 5) is 140. The molecule has 0 spiro atoms. The van der Waals surface area contributed by atoms with E-state index in [1.807, 2.05) is 0 Å². The van der Waals surface area contributed by atoms with Crippen LogP contribution in [-0.4, -0.2) is 234 Å². The van der Waals surface area contributed by atoms with Gasteiger partial charge in [0.1, 0.15) is 131 Å². The molecular formula is C88H100Cl2N10O28. The number of carboxylic acid groups (broad SMARTS) is 1. The molecule has 128 heavy (non-hydrogen) atoms. The minimum absolute atomic E-state index is 0.0939. The molecule has 7 aromatic carbocycles. The van der Waals surface area contributed by atoms with Crippen molar-refractivity contribution >= 4 is 76.4 Å². The molecule has 2 saturated heterocycles. The van der Waals surface area contributed by atoms with Gasteiger partial charge in [0, 0.05) is 48.2 Å². The number of aromatic hydroxyl groups is 4. The first-order valence-corrected chi connectivity index (χ1v) is 42.4. The van der Waals surface area contributed by atoms with Gasteiger partial charge in [-0.15, -0.1) is 0 Å². The molecule has 0 radical (unpaired) electrons. The van der Waals surface area contributed by atoms with Crippen LogP contribution in [0.4, 0.5) is 0 Å². The molecule has 8 heterocycles. The number of rotatable bonds is 23. The molecule has 684 valence electrons. The quantitative estimate of drug-likeness (QED) is 0.0397. The van der Waals surface area contributed by atoms with E-state index in [-0.39, 0.29) is 47.8 Å². The van der Waals surface area contributed by atoms with Gasteiger partial charge < -0.3 is 147 Å². The van der Waals surface area contributed by atoms with Gasteiger partial charge >= 0.3 is 5.97 Å². The first-order valence-electron chi connectivity index (χ1n) is 41.6. The number of phenols is 4. The highest BCUT2D eigenvalue weighted by Gasteiger charge is 2.52. The molecule has 21 N–H and O–H groups in total. The summed E-state index contributed by atoms with van der Waals surface area (Å²) in [5.41, 5.74) is -2.67. The molecule has 38 nitrogen and oxygen atoms in total. The molecule has 40 heteroatoms. The number of nitrogens with zero attached hydrogens (tertiary/aromatic N) is 1. The maximum absolute atomic E-state index is 16.8. The normalized spacial score (nSPS) is 25.8. The van der Waals surface area contributed by atoms with E-state index < -0.39 is 271 Å². The number of likely N-dealkylation sites (N-methyl/N-ethyl adjacent to an activating group) is 1. The molecule has 0 aromatic heterocycles. The second-order valence-electron chi connectivity index (χ2n) is 32.2. The van der Waals surface area contributed by atoms with Gasteiger partial charge in [-0.25, -0.2) is 4.79 Å². The van der Waals surface area contributed by atoms with Crippen molar-refractivity contribution in [1.29, 1.82) is 0 Å². The minimum atomic E-state index is -2.45. The van der Waals surface area contributed by atoms with Gasteiger partial charge in [0.2, 0.25) is 65.6 Å². The Hall–Kier alpha value is -11.9. The highest BCUT2D eigenvalue weighted by molar-refractivity contribution is 6.33. The second kappa shape index (κ2) is 41.0. The number of benzene rings is 7. The number of aliphatic carboxylic acids is 1. The molecule has 0 aliphatic carbocycles. The first kappa shape index (κ1) is 93.7. The number of aliphatic hydroxyl groups excluding tert-OH is 7. The molecule has 7 aromatic rings. The number of amides is 8. The monoisotopic (exact) mass is 1810 g/mol. The van der Waals surface area contributed by atoms with E-state index in [1.54, 1.807) is 19.0 Å². The summed E-state index contributed by atoms with van der Waals surface area (Å²) in [5, 5.41) is 161. The number of aliphatic hydroxyl groups is 7. The smallest absolute Gasteiger partial charge is 0.335 e. The topological polar surface area (TPSA) is 573 Å². The van der Waals surface area contributed by atoms with Crippen LogP contribution in [0, 0.1) is 0 Å². The van der Waals surface area contributed by atoms with E-state index in [2.05, 4.69) is 54.8 Å². The molecule has 0 unspecified atom stereocenters. The van der Waals surface area contributed by atoms with Gasteiger partial charge in [0.25, 0.3) is 0 Å². The van der Waals surface area contributed by atoms with E-state index in [0.717, 1.165) is 118 Å². The Kier molecular flexibility index (Phi) is 30.1. The summed E-state index contributed by atoms with van der Waals surface area (Å²) in [6.07, 6.45) is -13.5. The number of carboxylic acids is 1. The number of carbonyl (C=O) groups is 9. The standard InChI is InChI=1S/C88H100Cl2N10O28/c1-5-6-7-8-9-10-11-12-13-15-61(106)94-70-73(109)75(111)78(86(120)121)128-87(70)127-77-58-32-43-33-59(77)124-55-25-20-42(30-50(55)89)71(107)69-85(119)98-67(80(114)92-26-14-27-100(3)4)48-34-44(102)35-57(125-88-76(112)74(110)72(108)60(38-101)126-88)62(48)47-29-40(18-23-52(47)103)65(82(116)99-69)95-83(117)66(43)96-84(118)68-49-36-46(37-54(105)63(49)90)123-56-31-41(19-24-53(56)104)64(91-2)81(115)93-51(79(113)97-68)28-39-16-21-45(122-58)22-17-39/h16-25,29-37,51,60,64-76,78,87-88,91,101-105,107-112H,5-15,26-28,38H2,1-4H3,(H,92,114)(H,93,115)(H,94,106)(H,95,117)(H,96,118)(H,97,113)(H,98,119)(H,99,116)(H,120,121)/t51-,60-,64-,65+,66-,67+,68-,69+,70-,71-,72+,73-,74+,75+,76+,78-,87-,88-/m1/s1. The van der Waals surface area contributed by atoms with Crippen molar-refractivity contribution < 1.29 is 138 Å². The van der Waals surface area contributed by atoms with Crippen LogP contribution in [0.5, 0.6) is 69.0 Å². The van der Waals surface area contributed by atoms with Crippen LogP contribution in [-0.2, 0) is 59.0 Å². The second-order valence-corrected chi connectivity index (χ2v) is 33.0. The fourth-order valence-corrected chi connectivity index (χ4v) is 16.4. The Morgan fingerprint density at radius 1 is 0.547 bits per heavy atom. The summed E-state index contributed by atoms with van der Waals surface area (Å²) in [6.45, 7) is 1.46. The average molecular weight is 1820 g/mol. The van der Waals surface area contributed by atoms with E-state index in [1.165, 1.54) is 49.5 Å². The number of unbranched alkanes of at least 4 members (excludes halogenated alkanes) is 8. The maximum atomic E-state index is 16.8. The van der Waals surface area contributed by atoms with E-state index in [9.17, 15) is 75.7 Å². The SMILES string of the molecule is CCCCCCCCCCCC(=O)N[C@H]1[C@H](Oc2c3cc4cc2Oc2ccc(cc2Cl)[C@@H](O)[C@@H]2NC(=O)[C@@H](NC(=O)[C@@H]4NC(=O)[C@@H]4NC(=O)[C@@H](Cc5ccc(cc5)O3)NC(=O)[C@H](NC)c3ccc(O)c(c3)Oc3cc(O)c(Cl)c4c3)c3ccc(O)c(c3)-c3c(O[C@@H]4O[C@H](CO)[C@H](O)[C@H](O)[C@@H]4O)cc(O)cc3[C@@H](C(=O)NCCCN(C)C)NC2=O)O[C@@H](C(=O)O)[C@@H](O)[C@@H]1O. The number of carbonyl (C=O) groups excluding carboxylic acids is 8. The lowest BCUT2D eigenvalue weighted by Crippen LogP contribution is -2.66. The van der Waals surface area contributed by atoms with Gasteiger partial charge in [-0.05, 0) is 147 Å². The van der Waals surface area contributed by atoms with Crippen molar-refractivity contribution in [3.8, 4) is 80.1 Å². The molecule has 8 aliphatic rings. The van der Waals surface area contributed by atoms with Crippen LogP contribution in [0.3, 0.4) is 0 Å². The van der Waals surface area contributed by atoms with Gasteiger partial charge in [-0.1, -0.05) is 112 Å². The average Bonchev–Trinajstić information content (AvgIpc) is 0.755. The Morgan fingerprint density at radius 3 is 1.88 bits per heavy atom. The molecule has 8 aliphatic heterocycles. The fourth-order valence-electron chi connectivity index (χ4n) is 16.0. The van der Waals surface area contributed by atoms with Crippen molar-refractivity contribution in [2.75, 3.05) is 40.8 Å². The summed E-state index contributed by atoms with van der Waals surface area (Å²) < 4.78 is 44.5. The third-order valence-electron chi connectivity index (χ3n) is 22.8. The number of phenolic OH excluding ortho intramolecular Hbond substituents is 4. The van der Waals surface area contributed by atoms with Gasteiger partial charge in [-0.3, -0.25) is 38.4 Å². The predicted octanol–water partition coefficient (Wildman–Crippen LogP) is 4.31. The Labute approximate surface area is 742 Å². The lowest BCUT2D eigenvalue weighted by molar-refractivity contribution is -0.277. The highest BCUT2D eigenvalue weighted by Crippen LogP contribution is 2.51. The lowest BCUT2D eigenvalue weighted by atomic mass is 9.89. The van der Waals surface area contributed by atoms with Gasteiger partial charge in [-0.2, -0.15) is 0 Å². The first-order chi connectivity index (χ1) is 61.2. The number of fused-ring (bicyclic) bond motifs is 14. The molecule has 0 saturated carbocycles. The van der Waals surface area contributed by atoms with Crippen LogP contribution >= 0.6 is 23.2 Å². The Morgan fingerprint density at radius 2 is 1.19 bits per heavy atom. The van der Waals surface area contributed by atoms with E-state index in [4.69, 9.17) is 56.4 Å². The predicted molar refractivity (Wildman–Crippen MR) is 452 cm³/mol. The highest BCUT2D eigenvalue weighted by atomic mass is 35.5. The van der Waals surface area contributed by atoms with Crippen LogP contribution in [0.25, 0.3) is 11.1 Å². The van der Waals surface area contributed by atoms with Crippen LogP contribution < -0.4 is 71.5 Å². The summed E-state index contributed by atoms with van der Waals surface area (Å²) in [5.74, 6) is -18.0. The third-order valence-corrected chi connectivity index (χ3v) is 23.5. The minimum Gasteiger partial charge on any atom is -0.508 e. The number of hydrogen-bond acceptors (Lipinski definition) is 29. The van der Waals surface area contributed by atoms with Crippen LogP contribution in [0.1, 0.15) is 153 Å². The van der Waals surface area contributed by atoms with Crippen LogP contribution in [0.2, 0.25) is 10.0 Å². The molecule has 2 fully saturated rings. The van der Waals surface area contributed by atoms with Gasteiger partial charge in [0.15, 0.2) is 29.1 Å². The number of hydrogen-bond donors (Lipinski definition) is 21.